The topological polar surface area (TPSA) is 45.5 Å². The van der Waals surface area contributed by atoms with E-state index in [1.807, 2.05) is 12.5 Å². The molecule has 4 unspecified atom stereocenters. The molecular formula is C21H29BrIN5. The summed E-state index contributed by atoms with van der Waals surface area (Å²) in [5, 5.41) is 3.74. The first kappa shape index (κ1) is 21.6. The summed E-state index contributed by atoms with van der Waals surface area (Å²) in [4.78, 5) is 11.5. The summed E-state index contributed by atoms with van der Waals surface area (Å²) in [5.74, 6) is 2.31. The van der Waals surface area contributed by atoms with Crippen molar-refractivity contribution >= 4 is 45.9 Å². The zero-order valence-electron chi connectivity index (χ0n) is 16.5. The molecule has 1 aromatic carbocycles. The smallest absolute Gasteiger partial charge is 0.194 e. The van der Waals surface area contributed by atoms with Crippen LogP contribution in [0, 0.1) is 5.92 Å². The normalized spacial score (nSPS) is 27.2. The van der Waals surface area contributed by atoms with Crippen LogP contribution in [0.4, 0.5) is 0 Å². The first-order chi connectivity index (χ1) is 13.2. The van der Waals surface area contributed by atoms with Crippen molar-refractivity contribution in [2.45, 2.75) is 44.7 Å². The lowest BCUT2D eigenvalue weighted by Crippen LogP contribution is -2.49. The summed E-state index contributed by atoms with van der Waals surface area (Å²) in [7, 11) is 0. The van der Waals surface area contributed by atoms with Gasteiger partial charge in [0.05, 0.1) is 12.4 Å². The zero-order valence-corrected chi connectivity index (χ0v) is 20.4. The molecule has 2 fully saturated rings. The van der Waals surface area contributed by atoms with Crippen molar-refractivity contribution < 1.29 is 0 Å². The molecule has 1 N–H and O–H groups in total. The molecular weight excluding hydrogens is 529 g/mol. The summed E-state index contributed by atoms with van der Waals surface area (Å²) < 4.78 is 3.39. The van der Waals surface area contributed by atoms with Crippen LogP contribution in [0.15, 0.2) is 52.5 Å². The number of aliphatic imine (C=N–C) groups is 1. The van der Waals surface area contributed by atoms with Gasteiger partial charge in [-0.05, 0) is 43.4 Å². The molecule has 5 nitrogen and oxygen atoms in total. The number of nitrogens with one attached hydrogen (secondary N) is 1. The van der Waals surface area contributed by atoms with E-state index >= 15 is 0 Å². The molecule has 2 heterocycles. The van der Waals surface area contributed by atoms with E-state index in [-0.39, 0.29) is 24.0 Å². The van der Waals surface area contributed by atoms with Gasteiger partial charge in [0.25, 0.3) is 0 Å². The Bertz CT molecular complexity index is 777. The number of rotatable bonds is 4. The molecule has 4 atom stereocenters. The second kappa shape index (κ2) is 9.61. The lowest BCUT2D eigenvalue weighted by atomic mass is 9.93. The van der Waals surface area contributed by atoms with Crippen LogP contribution in [-0.4, -0.2) is 46.1 Å². The van der Waals surface area contributed by atoms with E-state index in [1.165, 1.54) is 18.4 Å². The largest absolute Gasteiger partial charge is 0.353 e. The van der Waals surface area contributed by atoms with Crippen LogP contribution in [0.1, 0.15) is 44.2 Å². The highest BCUT2D eigenvalue weighted by atomic mass is 127. The lowest BCUT2D eigenvalue weighted by molar-refractivity contribution is 0.188. The van der Waals surface area contributed by atoms with Crippen molar-refractivity contribution in [2.75, 3.05) is 19.6 Å². The van der Waals surface area contributed by atoms with Crippen LogP contribution >= 0.6 is 39.9 Å². The van der Waals surface area contributed by atoms with Crippen LogP contribution in [0.25, 0.3) is 0 Å². The van der Waals surface area contributed by atoms with Gasteiger partial charge in [-0.3, -0.25) is 4.99 Å². The number of benzene rings is 1. The van der Waals surface area contributed by atoms with Crippen molar-refractivity contribution in [3.8, 4) is 0 Å². The Kier molecular flexibility index (Phi) is 7.42. The molecule has 4 rings (SSSR count). The number of hydrogen-bond donors (Lipinski definition) is 1. The van der Waals surface area contributed by atoms with Crippen molar-refractivity contribution in [3.63, 3.8) is 0 Å². The minimum atomic E-state index is 0. The third-order valence-corrected chi connectivity index (χ3v) is 6.37. The number of halogens is 2. The number of piperidine rings is 1. The number of imidazole rings is 1. The van der Waals surface area contributed by atoms with E-state index in [9.17, 15) is 0 Å². The van der Waals surface area contributed by atoms with Gasteiger partial charge < -0.3 is 14.8 Å². The van der Waals surface area contributed by atoms with Crippen molar-refractivity contribution in [3.05, 3.63) is 53.0 Å². The molecule has 2 aromatic rings. The van der Waals surface area contributed by atoms with E-state index in [2.05, 4.69) is 80.0 Å². The maximum absolute atomic E-state index is 4.81. The fourth-order valence-corrected chi connectivity index (χ4v) is 4.34. The van der Waals surface area contributed by atoms with Crippen LogP contribution in [0.5, 0.6) is 0 Å². The average molecular weight is 558 g/mol. The first-order valence-electron chi connectivity index (χ1n) is 9.94. The van der Waals surface area contributed by atoms with E-state index in [0.717, 1.165) is 30.1 Å². The molecule has 0 radical (unpaired) electrons. The number of nitrogens with zero attached hydrogens (tertiary/aromatic N) is 4. The highest BCUT2D eigenvalue weighted by Gasteiger charge is 2.40. The zero-order chi connectivity index (χ0) is 18.8. The Labute approximate surface area is 193 Å². The molecule has 1 saturated carbocycles. The van der Waals surface area contributed by atoms with Gasteiger partial charge in [0, 0.05) is 48.5 Å². The Morgan fingerprint density at radius 2 is 2.11 bits per heavy atom. The summed E-state index contributed by atoms with van der Waals surface area (Å²) in [6, 6.07) is 9.66. The molecule has 1 saturated heterocycles. The Morgan fingerprint density at radius 3 is 2.79 bits per heavy atom. The van der Waals surface area contributed by atoms with Crippen molar-refractivity contribution in [1.82, 2.24) is 19.8 Å². The predicted octanol–water partition coefficient (Wildman–Crippen LogP) is 4.67. The quantitative estimate of drug-likeness (QED) is 0.337. The van der Waals surface area contributed by atoms with Gasteiger partial charge in [-0.25, -0.2) is 4.98 Å². The third kappa shape index (κ3) is 4.90. The molecule has 0 bridgehead atoms. The highest BCUT2D eigenvalue weighted by molar-refractivity contribution is 14.0. The minimum Gasteiger partial charge on any atom is -0.353 e. The number of guanidine groups is 1. The van der Waals surface area contributed by atoms with Crippen LogP contribution in [0.2, 0.25) is 0 Å². The first-order valence-corrected chi connectivity index (χ1v) is 10.7. The third-order valence-electron chi connectivity index (χ3n) is 5.84. The molecule has 28 heavy (non-hydrogen) atoms. The van der Waals surface area contributed by atoms with Gasteiger partial charge in [-0.2, -0.15) is 0 Å². The van der Waals surface area contributed by atoms with Gasteiger partial charge in [0.2, 0.25) is 0 Å². The second-order valence-corrected chi connectivity index (χ2v) is 8.65. The predicted molar refractivity (Wildman–Crippen MR) is 128 cm³/mol. The van der Waals surface area contributed by atoms with Crippen molar-refractivity contribution in [1.29, 1.82) is 0 Å². The van der Waals surface area contributed by atoms with Crippen molar-refractivity contribution in [2.24, 2.45) is 10.9 Å². The Morgan fingerprint density at radius 1 is 1.32 bits per heavy atom. The number of hydrogen-bond acceptors (Lipinski definition) is 2. The number of likely N-dealkylation sites (tertiary alicyclic amines) is 1. The van der Waals surface area contributed by atoms with E-state index < -0.39 is 0 Å². The van der Waals surface area contributed by atoms with E-state index in [4.69, 9.17) is 4.99 Å². The molecule has 0 amide bonds. The fraction of sp³-hybridized carbons (Fsp3) is 0.524. The van der Waals surface area contributed by atoms with E-state index in [0.29, 0.717) is 23.9 Å². The van der Waals surface area contributed by atoms with Gasteiger partial charge in [-0.1, -0.05) is 35.0 Å². The summed E-state index contributed by atoms with van der Waals surface area (Å²) >= 11 is 3.52. The second-order valence-electron chi connectivity index (χ2n) is 7.73. The fourth-order valence-electron chi connectivity index (χ4n) is 4.08. The minimum absolute atomic E-state index is 0. The molecule has 7 heteroatoms. The maximum Gasteiger partial charge on any atom is 0.194 e. The monoisotopic (exact) mass is 557 g/mol. The van der Waals surface area contributed by atoms with Gasteiger partial charge in [-0.15, -0.1) is 24.0 Å². The SMILES string of the molecule is CCN=C(NC1CC1c1ccc(Br)cc1)N1CCC(C)C(n2ccnc2)C1.I. The van der Waals surface area contributed by atoms with Gasteiger partial charge in [0.15, 0.2) is 5.96 Å². The Balaban J connectivity index is 0.00000225. The molecule has 2 aliphatic rings. The van der Waals surface area contributed by atoms with Crippen LogP contribution < -0.4 is 5.32 Å². The molecule has 0 spiro atoms. The highest BCUT2D eigenvalue weighted by Crippen LogP contribution is 2.41. The average Bonchev–Trinajstić information content (AvgIpc) is 3.22. The molecule has 1 aliphatic heterocycles. The summed E-state index contributed by atoms with van der Waals surface area (Å²) in [5.41, 5.74) is 1.41. The summed E-state index contributed by atoms with van der Waals surface area (Å²) in [6.07, 6.45) is 8.25. The standard InChI is InChI=1S/C21H28BrN5.HI/c1-3-24-21(25-19-12-18(19)16-4-6-17(22)7-5-16)26-10-8-15(2)20(13-26)27-11-9-23-14-27;/h4-7,9,11,14-15,18-20H,3,8,10,12-13H2,1-2H3,(H,24,25);1H. The van der Waals surface area contributed by atoms with E-state index in [1.54, 1.807) is 0 Å². The number of aromatic nitrogens is 2. The maximum atomic E-state index is 4.81. The molecule has 1 aliphatic carbocycles. The van der Waals surface area contributed by atoms with Gasteiger partial charge in [0.1, 0.15) is 0 Å². The molecule has 1 aromatic heterocycles. The van der Waals surface area contributed by atoms with Crippen LogP contribution in [-0.2, 0) is 0 Å². The molecule has 152 valence electrons. The Hall–Kier alpha value is -1.09. The lowest BCUT2D eigenvalue weighted by Gasteiger charge is -2.39. The summed E-state index contributed by atoms with van der Waals surface area (Å²) in [6.45, 7) is 7.31. The van der Waals surface area contributed by atoms with Gasteiger partial charge >= 0.3 is 0 Å². The van der Waals surface area contributed by atoms with Crippen LogP contribution in [0.3, 0.4) is 0 Å².